The van der Waals surface area contributed by atoms with Gasteiger partial charge in [-0.1, -0.05) is 34.6 Å². The number of fused-ring (bicyclic) bond motifs is 2. The Bertz CT molecular complexity index is 335. The highest BCUT2D eigenvalue weighted by Crippen LogP contribution is 2.62. The lowest BCUT2D eigenvalue weighted by atomic mass is 9.68. The van der Waals surface area contributed by atoms with E-state index >= 15 is 0 Å². The quantitative estimate of drug-likeness (QED) is 0.786. The molecule has 3 aliphatic carbocycles. The first-order valence-electron chi connectivity index (χ1n) is 8.04. The predicted molar refractivity (Wildman–Crippen MR) is 77.5 cm³/mol. The van der Waals surface area contributed by atoms with Crippen LogP contribution in [0.5, 0.6) is 0 Å². The fourth-order valence-corrected chi connectivity index (χ4v) is 5.24. The van der Waals surface area contributed by atoms with Crippen LogP contribution < -0.4 is 5.32 Å². The van der Waals surface area contributed by atoms with Crippen molar-refractivity contribution in [3.63, 3.8) is 0 Å². The molecule has 0 aliphatic heterocycles. The van der Waals surface area contributed by atoms with Gasteiger partial charge in [-0.2, -0.15) is 0 Å². The highest BCUT2D eigenvalue weighted by atomic mass is 15.0. The smallest absolute Gasteiger partial charge is 0.0175 e. The van der Waals surface area contributed by atoms with Gasteiger partial charge < -0.3 is 5.32 Å². The summed E-state index contributed by atoms with van der Waals surface area (Å²) in [5.41, 5.74) is 1.75. The molecular weight excluding hydrogens is 218 g/mol. The van der Waals surface area contributed by atoms with E-state index in [1.165, 1.54) is 38.6 Å². The van der Waals surface area contributed by atoms with Gasteiger partial charge in [-0.15, -0.1) is 0 Å². The minimum Gasteiger partial charge on any atom is -0.312 e. The van der Waals surface area contributed by atoms with E-state index in [2.05, 4.69) is 39.9 Å². The van der Waals surface area contributed by atoms with Gasteiger partial charge in [0.2, 0.25) is 0 Å². The highest BCUT2D eigenvalue weighted by molar-refractivity contribution is 5.13. The summed E-state index contributed by atoms with van der Waals surface area (Å²) in [6, 6.07) is 0.750. The van der Waals surface area contributed by atoms with Crippen LogP contribution in [0, 0.1) is 28.1 Å². The molecule has 18 heavy (non-hydrogen) atoms. The van der Waals surface area contributed by atoms with Crippen molar-refractivity contribution in [1.29, 1.82) is 0 Å². The van der Waals surface area contributed by atoms with Crippen LogP contribution in [0.2, 0.25) is 0 Å². The Morgan fingerprint density at radius 3 is 2.22 bits per heavy atom. The highest BCUT2D eigenvalue weighted by Gasteiger charge is 2.59. The van der Waals surface area contributed by atoms with Crippen molar-refractivity contribution < 1.29 is 0 Å². The molecule has 3 saturated carbocycles. The van der Waals surface area contributed by atoms with Crippen molar-refractivity contribution in [3.8, 4) is 0 Å². The predicted octanol–water partition coefficient (Wildman–Crippen LogP) is 4.23. The minimum absolute atomic E-state index is 0.514. The third kappa shape index (κ3) is 1.69. The molecule has 3 atom stereocenters. The molecule has 104 valence electrons. The van der Waals surface area contributed by atoms with Crippen LogP contribution >= 0.6 is 0 Å². The number of nitrogens with one attached hydrogen (secondary N) is 1. The van der Waals surface area contributed by atoms with E-state index in [4.69, 9.17) is 0 Å². The Morgan fingerprint density at radius 2 is 1.78 bits per heavy atom. The summed E-state index contributed by atoms with van der Waals surface area (Å²) in [5, 5.41) is 4.03. The van der Waals surface area contributed by atoms with E-state index < -0.39 is 0 Å². The average molecular weight is 249 g/mol. The number of hydrogen-bond acceptors (Lipinski definition) is 1. The van der Waals surface area contributed by atoms with E-state index in [9.17, 15) is 0 Å². The Labute approximate surface area is 113 Å². The molecule has 0 radical (unpaired) electrons. The van der Waals surface area contributed by atoms with Gasteiger partial charge in [0.05, 0.1) is 0 Å². The first-order chi connectivity index (χ1) is 8.30. The molecule has 1 heteroatoms. The van der Waals surface area contributed by atoms with E-state index in [1.54, 1.807) is 0 Å². The van der Waals surface area contributed by atoms with Crippen molar-refractivity contribution in [2.75, 3.05) is 6.54 Å². The third-order valence-corrected chi connectivity index (χ3v) is 7.04. The van der Waals surface area contributed by atoms with Crippen LogP contribution in [-0.4, -0.2) is 12.6 Å². The van der Waals surface area contributed by atoms with Gasteiger partial charge in [0.15, 0.2) is 0 Å². The zero-order chi connectivity index (χ0) is 13.2. The summed E-state index contributed by atoms with van der Waals surface area (Å²) in [7, 11) is 0. The second-order valence-corrected chi connectivity index (χ2v) is 8.75. The molecule has 1 unspecified atom stereocenters. The van der Waals surface area contributed by atoms with Crippen LogP contribution in [0.25, 0.3) is 0 Å². The van der Waals surface area contributed by atoms with Gasteiger partial charge in [-0.25, -0.2) is 0 Å². The van der Waals surface area contributed by atoms with Crippen LogP contribution in [0.3, 0.4) is 0 Å². The standard InChI is InChI=1S/C17H31N/c1-12(2)17(8-9-17)11-18-14-15(3,4)13-6-7-16(14,5)10-13/h12-14,18H,6-11H2,1-5H3/t13-,14?,16+/m0/s1. The largest absolute Gasteiger partial charge is 0.312 e. The van der Waals surface area contributed by atoms with Crippen molar-refractivity contribution in [2.24, 2.45) is 28.1 Å². The zero-order valence-electron chi connectivity index (χ0n) is 13.0. The SMILES string of the molecule is CC(C)C1(CNC2C(C)(C)[C@H]3CC[C@]2(C)C3)CC1. The van der Waals surface area contributed by atoms with Crippen molar-refractivity contribution in [3.05, 3.63) is 0 Å². The summed E-state index contributed by atoms with van der Waals surface area (Å²) in [5.74, 6) is 1.81. The molecule has 0 heterocycles. The van der Waals surface area contributed by atoms with Gasteiger partial charge in [-0.3, -0.25) is 0 Å². The molecule has 3 fully saturated rings. The molecule has 3 rings (SSSR count). The van der Waals surface area contributed by atoms with Gasteiger partial charge in [0, 0.05) is 12.6 Å². The second kappa shape index (κ2) is 3.75. The summed E-state index contributed by atoms with van der Waals surface area (Å²) in [4.78, 5) is 0. The molecule has 1 N–H and O–H groups in total. The summed E-state index contributed by atoms with van der Waals surface area (Å²) in [6.45, 7) is 13.6. The molecule has 0 aromatic heterocycles. The number of rotatable bonds is 4. The van der Waals surface area contributed by atoms with E-state index in [0.717, 1.165) is 17.9 Å². The van der Waals surface area contributed by atoms with Crippen molar-refractivity contribution in [2.45, 2.75) is 72.8 Å². The minimum atomic E-state index is 0.514. The lowest BCUT2D eigenvalue weighted by Crippen LogP contribution is -2.52. The monoisotopic (exact) mass is 249 g/mol. The summed E-state index contributed by atoms with van der Waals surface area (Å²) in [6.07, 6.45) is 7.28. The fraction of sp³-hybridized carbons (Fsp3) is 1.00. The molecule has 0 aromatic carbocycles. The maximum atomic E-state index is 4.03. The molecule has 0 spiro atoms. The molecule has 0 amide bonds. The van der Waals surface area contributed by atoms with Crippen LogP contribution in [-0.2, 0) is 0 Å². The molecule has 0 saturated heterocycles. The van der Waals surface area contributed by atoms with Crippen LogP contribution in [0.15, 0.2) is 0 Å². The zero-order valence-corrected chi connectivity index (χ0v) is 13.0. The molecule has 2 bridgehead atoms. The maximum absolute atomic E-state index is 4.03. The normalized spacial score (nSPS) is 43.7. The van der Waals surface area contributed by atoms with Gasteiger partial charge in [0.25, 0.3) is 0 Å². The van der Waals surface area contributed by atoms with Crippen LogP contribution in [0.4, 0.5) is 0 Å². The first kappa shape index (κ1) is 13.0. The Kier molecular flexibility index (Phi) is 2.70. The third-order valence-electron chi connectivity index (χ3n) is 7.04. The number of hydrogen-bond donors (Lipinski definition) is 1. The lowest BCUT2D eigenvalue weighted by molar-refractivity contribution is 0.100. The second-order valence-electron chi connectivity index (χ2n) is 8.75. The van der Waals surface area contributed by atoms with Gasteiger partial charge >= 0.3 is 0 Å². The van der Waals surface area contributed by atoms with Crippen molar-refractivity contribution in [1.82, 2.24) is 5.32 Å². The van der Waals surface area contributed by atoms with Crippen molar-refractivity contribution >= 4 is 0 Å². The first-order valence-corrected chi connectivity index (χ1v) is 8.04. The topological polar surface area (TPSA) is 12.0 Å². The van der Waals surface area contributed by atoms with E-state index in [1.807, 2.05) is 0 Å². The Hall–Kier alpha value is -0.0400. The lowest BCUT2D eigenvalue weighted by Gasteiger charge is -2.44. The summed E-state index contributed by atoms with van der Waals surface area (Å²) < 4.78 is 0. The Morgan fingerprint density at radius 1 is 1.11 bits per heavy atom. The van der Waals surface area contributed by atoms with Gasteiger partial charge in [0.1, 0.15) is 0 Å². The molecular formula is C17H31N. The summed E-state index contributed by atoms with van der Waals surface area (Å²) >= 11 is 0. The Balaban J connectivity index is 1.69. The van der Waals surface area contributed by atoms with Gasteiger partial charge in [-0.05, 0) is 60.2 Å². The van der Waals surface area contributed by atoms with E-state index in [-0.39, 0.29) is 0 Å². The molecule has 1 nitrogen and oxygen atoms in total. The van der Waals surface area contributed by atoms with E-state index in [0.29, 0.717) is 16.2 Å². The maximum Gasteiger partial charge on any atom is 0.0175 e. The fourth-order valence-electron chi connectivity index (χ4n) is 5.24. The molecule has 0 aromatic rings. The average Bonchev–Trinajstić information content (AvgIpc) is 2.90. The molecule has 3 aliphatic rings. The van der Waals surface area contributed by atoms with Crippen LogP contribution in [0.1, 0.15) is 66.7 Å².